The first-order valence-corrected chi connectivity index (χ1v) is 7.99. The molecule has 0 saturated carbocycles. The van der Waals surface area contributed by atoms with Crippen LogP contribution in [0.1, 0.15) is 23.2 Å². The van der Waals surface area contributed by atoms with Gasteiger partial charge in [0, 0.05) is 25.2 Å². The first kappa shape index (κ1) is 15.5. The van der Waals surface area contributed by atoms with Crippen molar-refractivity contribution in [1.29, 1.82) is 0 Å². The molecule has 1 aliphatic heterocycles. The number of hydrogen-bond donors (Lipinski definition) is 1. The SMILES string of the molecule is O=C(Nc1nncs1)C1CCN(C(=O)c2ccncc2F)CC1. The summed E-state index contributed by atoms with van der Waals surface area (Å²) in [6.07, 6.45) is 3.47. The Labute approximate surface area is 135 Å². The van der Waals surface area contributed by atoms with Crippen LogP contribution in [0.2, 0.25) is 0 Å². The maximum atomic E-state index is 13.6. The highest BCUT2D eigenvalue weighted by Crippen LogP contribution is 2.21. The molecule has 0 aliphatic carbocycles. The number of amides is 2. The van der Waals surface area contributed by atoms with Gasteiger partial charge in [-0.1, -0.05) is 11.3 Å². The van der Waals surface area contributed by atoms with Gasteiger partial charge in [0.05, 0.1) is 11.8 Å². The van der Waals surface area contributed by atoms with Crippen molar-refractivity contribution in [2.75, 3.05) is 18.4 Å². The maximum absolute atomic E-state index is 13.6. The van der Waals surface area contributed by atoms with Crippen LogP contribution in [0.4, 0.5) is 9.52 Å². The fraction of sp³-hybridized carbons (Fsp3) is 0.357. The van der Waals surface area contributed by atoms with E-state index in [1.807, 2.05) is 0 Å². The second-order valence-electron chi connectivity index (χ2n) is 5.16. The Morgan fingerprint density at radius 3 is 2.78 bits per heavy atom. The zero-order valence-electron chi connectivity index (χ0n) is 12.1. The van der Waals surface area contributed by atoms with Crippen LogP contribution in [-0.2, 0) is 4.79 Å². The Morgan fingerprint density at radius 2 is 2.13 bits per heavy atom. The van der Waals surface area contributed by atoms with Crippen molar-refractivity contribution in [3.63, 3.8) is 0 Å². The molecule has 0 radical (unpaired) electrons. The Bertz CT molecular complexity index is 701. The quantitative estimate of drug-likeness (QED) is 0.920. The Morgan fingerprint density at radius 1 is 1.35 bits per heavy atom. The van der Waals surface area contributed by atoms with Gasteiger partial charge in [0.1, 0.15) is 5.51 Å². The zero-order valence-corrected chi connectivity index (χ0v) is 12.9. The van der Waals surface area contributed by atoms with Crippen LogP contribution >= 0.6 is 11.3 Å². The molecule has 3 rings (SSSR count). The largest absolute Gasteiger partial charge is 0.339 e. The van der Waals surface area contributed by atoms with Crippen LogP contribution in [0.3, 0.4) is 0 Å². The monoisotopic (exact) mass is 335 g/mol. The summed E-state index contributed by atoms with van der Waals surface area (Å²) in [6.45, 7) is 0.823. The molecule has 3 heterocycles. The number of pyridine rings is 1. The molecule has 1 saturated heterocycles. The molecule has 1 aliphatic rings. The number of carbonyl (C=O) groups excluding carboxylic acids is 2. The normalized spacial score (nSPS) is 15.4. The highest BCUT2D eigenvalue weighted by atomic mass is 32.1. The predicted octanol–water partition coefficient (Wildman–Crippen LogP) is 1.56. The Balaban J connectivity index is 1.57. The lowest BCUT2D eigenvalue weighted by atomic mass is 9.95. The van der Waals surface area contributed by atoms with Crippen molar-refractivity contribution in [1.82, 2.24) is 20.1 Å². The number of hydrogen-bond acceptors (Lipinski definition) is 6. The van der Waals surface area contributed by atoms with E-state index in [4.69, 9.17) is 0 Å². The number of aromatic nitrogens is 3. The molecule has 1 fully saturated rings. The summed E-state index contributed by atoms with van der Waals surface area (Å²) < 4.78 is 13.6. The van der Waals surface area contributed by atoms with E-state index in [9.17, 15) is 14.0 Å². The summed E-state index contributed by atoms with van der Waals surface area (Å²) in [7, 11) is 0. The fourth-order valence-corrected chi connectivity index (χ4v) is 2.95. The third-order valence-electron chi connectivity index (χ3n) is 3.75. The highest BCUT2D eigenvalue weighted by Gasteiger charge is 2.29. The average molecular weight is 335 g/mol. The van der Waals surface area contributed by atoms with Crippen molar-refractivity contribution >= 4 is 28.3 Å². The summed E-state index contributed by atoms with van der Waals surface area (Å²) in [5, 5.41) is 10.6. The fourth-order valence-electron chi connectivity index (χ4n) is 2.50. The molecule has 0 atom stereocenters. The van der Waals surface area contributed by atoms with Gasteiger partial charge in [-0.2, -0.15) is 0 Å². The molecule has 7 nitrogen and oxygen atoms in total. The number of nitrogens with zero attached hydrogens (tertiary/aromatic N) is 4. The number of likely N-dealkylation sites (tertiary alicyclic amines) is 1. The van der Waals surface area contributed by atoms with Crippen molar-refractivity contribution in [3.8, 4) is 0 Å². The second-order valence-corrected chi connectivity index (χ2v) is 5.99. The van der Waals surface area contributed by atoms with Crippen LogP contribution in [0.15, 0.2) is 24.0 Å². The second kappa shape index (κ2) is 6.78. The van der Waals surface area contributed by atoms with Gasteiger partial charge < -0.3 is 10.2 Å². The summed E-state index contributed by atoms with van der Waals surface area (Å²) in [5.74, 6) is -1.31. The van der Waals surface area contributed by atoms with Gasteiger partial charge in [-0.05, 0) is 18.9 Å². The summed E-state index contributed by atoms with van der Waals surface area (Å²) in [6, 6.07) is 1.37. The molecule has 2 amide bonds. The molecule has 2 aromatic heterocycles. The summed E-state index contributed by atoms with van der Waals surface area (Å²) in [5.41, 5.74) is 1.55. The van der Waals surface area contributed by atoms with Crippen LogP contribution in [-0.4, -0.2) is 45.0 Å². The third-order valence-corrected chi connectivity index (χ3v) is 4.35. The lowest BCUT2D eigenvalue weighted by molar-refractivity contribution is -0.121. The Kier molecular flexibility index (Phi) is 4.56. The minimum Gasteiger partial charge on any atom is -0.339 e. The molecule has 0 unspecified atom stereocenters. The number of carbonyl (C=O) groups is 2. The minimum absolute atomic E-state index is 0.0109. The number of nitrogens with one attached hydrogen (secondary N) is 1. The van der Waals surface area contributed by atoms with Crippen LogP contribution in [0, 0.1) is 11.7 Å². The maximum Gasteiger partial charge on any atom is 0.256 e. The number of rotatable bonds is 3. The molecule has 120 valence electrons. The molecule has 0 spiro atoms. The van der Waals surface area contributed by atoms with Gasteiger partial charge in [-0.15, -0.1) is 10.2 Å². The molecule has 0 aromatic carbocycles. The first-order chi connectivity index (χ1) is 11.1. The van der Waals surface area contributed by atoms with E-state index < -0.39 is 5.82 Å². The molecular weight excluding hydrogens is 321 g/mol. The average Bonchev–Trinajstić information content (AvgIpc) is 3.08. The van der Waals surface area contributed by atoms with Gasteiger partial charge >= 0.3 is 0 Å². The predicted molar refractivity (Wildman–Crippen MR) is 81.4 cm³/mol. The number of piperidine rings is 1. The van der Waals surface area contributed by atoms with E-state index in [-0.39, 0.29) is 23.3 Å². The van der Waals surface area contributed by atoms with E-state index >= 15 is 0 Å². The van der Waals surface area contributed by atoms with Crippen molar-refractivity contribution in [2.45, 2.75) is 12.8 Å². The van der Waals surface area contributed by atoms with Crippen molar-refractivity contribution < 1.29 is 14.0 Å². The van der Waals surface area contributed by atoms with Crippen molar-refractivity contribution in [3.05, 3.63) is 35.4 Å². The zero-order chi connectivity index (χ0) is 16.2. The molecule has 1 N–H and O–H groups in total. The summed E-state index contributed by atoms with van der Waals surface area (Å²) >= 11 is 1.25. The molecule has 0 bridgehead atoms. The van der Waals surface area contributed by atoms with Gasteiger partial charge in [-0.3, -0.25) is 14.6 Å². The Hall–Kier alpha value is -2.42. The molecule has 23 heavy (non-hydrogen) atoms. The van der Waals surface area contributed by atoms with Crippen LogP contribution in [0.5, 0.6) is 0 Å². The van der Waals surface area contributed by atoms with Crippen molar-refractivity contribution in [2.24, 2.45) is 5.92 Å². The van der Waals surface area contributed by atoms with Gasteiger partial charge in [0.25, 0.3) is 5.91 Å². The first-order valence-electron chi connectivity index (χ1n) is 7.11. The molecular formula is C14H14FN5O2S. The van der Waals surface area contributed by atoms with Crippen LogP contribution < -0.4 is 5.32 Å². The molecule has 2 aromatic rings. The van der Waals surface area contributed by atoms with Gasteiger partial charge in [0.2, 0.25) is 11.0 Å². The van der Waals surface area contributed by atoms with E-state index in [2.05, 4.69) is 20.5 Å². The van der Waals surface area contributed by atoms with Crippen LogP contribution in [0.25, 0.3) is 0 Å². The van der Waals surface area contributed by atoms with E-state index in [1.165, 1.54) is 23.6 Å². The van der Waals surface area contributed by atoms with Gasteiger partial charge in [0.15, 0.2) is 5.82 Å². The van der Waals surface area contributed by atoms with E-state index in [1.54, 1.807) is 10.4 Å². The number of halogens is 1. The van der Waals surface area contributed by atoms with E-state index in [0.717, 1.165) is 6.20 Å². The van der Waals surface area contributed by atoms with Gasteiger partial charge in [-0.25, -0.2) is 4.39 Å². The smallest absolute Gasteiger partial charge is 0.256 e. The lowest BCUT2D eigenvalue weighted by Gasteiger charge is -2.31. The molecule has 9 heteroatoms. The van der Waals surface area contributed by atoms with E-state index in [0.29, 0.717) is 31.1 Å². The highest BCUT2D eigenvalue weighted by molar-refractivity contribution is 7.13. The lowest BCUT2D eigenvalue weighted by Crippen LogP contribution is -2.41. The number of anilines is 1. The third kappa shape index (κ3) is 3.50. The standard InChI is InChI=1S/C14H14FN5O2S/c15-11-7-16-4-1-10(11)13(22)20-5-2-9(3-6-20)12(21)18-14-19-17-8-23-14/h1,4,7-9H,2-3,5-6H2,(H,18,19,21). The minimum atomic E-state index is -0.631. The topological polar surface area (TPSA) is 88.1 Å². The summed E-state index contributed by atoms with van der Waals surface area (Å²) in [4.78, 5) is 29.6.